The van der Waals surface area contributed by atoms with Crippen molar-refractivity contribution in [2.24, 2.45) is 11.8 Å². The van der Waals surface area contributed by atoms with Crippen molar-refractivity contribution in [1.82, 2.24) is 31.3 Å². The average Bonchev–Trinajstić information content (AvgIpc) is 3.41. The molecule has 0 saturated carbocycles. The summed E-state index contributed by atoms with van der Waals surface area (Å²) >= 11 is 0. The molecule has 10 atom stereocenters. The third-order valence-corrected chi connectivity index (χ3v) is 9.39. The van der Waals surface area contributed by atoms with E-state index in [-0.39, 0.29) is 12.3 Å². The van der Waals surface area contributed by atoms with Crippen molar-refractivity contribution in [3.8, 4) is 0 Å². The predicted octanol–water partition coefficient (Wildman–Crippen LogP) is -2.83. The number of nitrogens with zero attached hydrogens (tertiary/aromatic N) is 2. The number of carbonyl (C=O) groups is 5. The molecule has 0 aliphatic carbocycles. The van der Waals surface area contributed by atoms with Gasteiger partial charge in [0.25, 0.3) is 0 Å². The standard InChI is InChI=1S/C35H56N6O11/c1-18(2)13-23(39-40(6)7)31(48)37-24(14-21-11-9-8-10-12-21)34(51)41-22(16-42)15-35(30(47)28(46)27(45)25(17-43)52-35)29(41)33(50)38-26(19(3)4)32(49)36-20(5)44/h8-12,18-19,22-30,39,42-43,45-47H,13-17H2,1-7H3,(H,37,48)(H,38,50)(H,36,44,49)/t22-,23+,24+,25?,26+,27?,28?,29+,30?,35?/m1/s1. The Morgan fingerprint density at radius 3 is 2.08 bits per heavy atom. The average molecular weight is 737 g/mol. The monoisotopic (exact) mass is 736 g/mol. The van der Waals surface area contributed by atoms with Crippen LogP contribution >= 0.6 is 0 Å². The van der Waals surface area contributed by atoms with E-state index in [1.54, 1.807) is 63.3 Å². The summed E-state index contributed by atoms with van der Waals surface area (Å²) in [7, 11) is 3.43. The summed E-state index contributed by atoms with van der Waals surface area (Å²) in [5.41, 5.74) is 1.48. The Morgan fingerprint density at radius 1 is 0.923 bits per heavy atom. The van der Waals surface area contributed by atoms with Gasteiger partial charge in [-0.25, -0.2) is 10.4 Å². The van der Waals surface area contributed by atoms with E-state index in [4.69, 9.17) is 4.74 Å². The molecular weight excluding hydrogens is 680 g/mol. The fraction of sp³-hybridized carbons (Fsp3) is 0.686. The summed E-state index contributed by atoms with van der Waals surface area (Å²) in [6.45, 7) is 6.57. The van der Waals surface area contributed by atoms with Crippen LogP contribution in [-0.2, 0) is 35.1 Å². The van der Waals surface area contributed by atoms with Crippen molar-refractivity contribution < 1.29 is 54.2 Å². The number of carbonyl (C=O) groups excluding carboxylic acids is 5. The van der Waals surface area contributed by atoms with Gasteiger partial charge in [-0.3, -0.25) is 29.3 Å². The van der Waals surface area contributed by atoms with Crippen molar-refractivity contribution in [3.05, 3.63) is 35.9 Å². The van der Waals surface area contributed by atoms with Crippen LogP contribution in [0.3, 0.4) is 0 Å². The molecule has 0 bridgehead atoms. The maximum absolute atomic E-state index is 14.9. The molecule has 2 saturated heterocycles. The fourth-order valence-electron chi connectivity index (χ4n) is 7.01. The molecule has 52 heavy (non-hydrogen) atoms. The second-order valence-corrected chi connectivity index (χ2v) is 14.6. The topological polar surface area (TPSA) is 250 Å². The third kappa shape index (κ3) is 9.90. The summed E-state index contributed by atoms with van der Waals surface area (Å²) in [5, 5.41) is 63.1. The second kappa shape index (κ2) is 18.5. The number of amides is 5. The lowest BCUT2D eigenvalue weighted by molar-refractivity contribution is -0.277. The number of nitrogens with one attached hydrogen (secondary N) is 4. The minimum atomic E-state index is -2.23. The summed E-state index contributed by atoms with van der Waals surface area (Å²) in [5.74, 6) is -4.50. The van der Waals surface area contributed by atoms with Gasteiger partial charge in [0.2, 0.25) is 29.5 Å². The lowest BCUT2D eigenvalue weighted by atomic mass is 9.78. The molecule has 9 N–H and O–H groups in total. The van der Waals surface area contributed by atoms with Crippen LogP contribution in [0.2, 0.25) is 0 Å². The van der Waals surface area contributed by atoms with Gasteiger partial charge in [-0.1, -0.05) is 58.0 Å². The van der Waals surface area contributed by atoms with E-state index in [0.717, 1.165) is 11.8 Å². The molecular formula is C35H56N6O11. The number of hydrazine groups is 1. The Bertz CT molecular complexity index is 1390. The van der Waals surface area contributed by atoms with Crippen LogP contribution in [0.4, 0.5) is 0 Å². The van der Waals surface area contributed by atoms with Gasteiger partial charge in [0.1, 0.15) is 54.2 Å². The van der Waals surface area contributed by atoms with Crippen molar-refractivity contribution in [2.75, 3.05) is 27.3 Å². The van der Waals surface area contributed by atoms with Gasteiger partial charge < -0.3 is 45.8 Å². The van der Waals surface area contributed by atoms with Crippen molar-refractivity contribution in [3.63, 3.8) is 0 Å². The summed E-state index contributed by atoms with van der Waals surface area (Å²) in [6.07, 6.45) is -7.44. The van der Waals surface area contributed by atoms with Crippen molar-refractivity contribution >= 4 is 29.5 Å². The van der Waals surface area contributed by atoms with Gasteiger partial charge in [-0.15, -0.1) is 0 Å². The molecule has 2 aliphatic heterocycles. The zero-order chi connectivity index (χ0) is 39.1. The molecule has 0 radical (unpaired) electrons. The van der Waals surface area contributed by atoms with E-state index in [1.807, 2.05) is 13.8 Å². The molecule has 1 spiro atoms. The first-order chi connectivity index (χ1) is 24.4. The molecule has 1 aromatic rings. The van der Waals surface area contributed by atoms with E-state index in [2.05, 4.69) is 21.4 Å². The van der Waals surface area contributed by atoms with Crippen molar-refractivity contribution in [1.29, 1.82) is 0 Å². The van der Waals surface area contributed by atoms with Gasteiger partial charge in [0, 0.05) is 33.9 Å². The third-order valence-electron chi connectivity index (χ3n) is 9.39. The molecule has 1 aromatic carbocycles. The van der Waals surface area contributed by atoms with Gasteiger partial charge in [-0.05, 0) is 23.8 Å². The minimum absolute atomic E-state index is 0.0581. The zero-order valence-electron chi connectivity index (χ0n) is 30.9. The number of hydrogen-bond acceptors (Lipinski definition) is 13. The molecule has 5 unspecified atom stereocenters. The molecule has 2 fully saturated rings. The van der Waals surface area contributed by atoms with Crippen LogP contribution in [0.5, 0.6) is 0 Å². The van der Waals surface area contributed by atoms with E-state index >= 15 is 0 Å². The normalized spacial score (nSPS) is 27.8. The van der Waals surface area contributed by atoms with E-state index in [0.29, 0.717) is 12.0 Å². The van der Waals surface area contributed by atoms with Crippen LogP contribution in [0, 0.1) is 11.8 Å². The lowest BCUT2D eigenvalue weighted by Crippen LogP contribution is -2.72. The minimum Gasteiger partial charge on any atom is -0.394 e. The molecule has 5 amide bonds. The first kappa shape index (κ1) is 42.9. The van der Waals surface area contributed by atoms with E-state index in [1.165, 1.54) is 0 Å². The molecule has 17 heteroatoms. The highest BCUT2D eigenvalue weighted by Crippen LogP contribution is 2.45. The number of likely N-dealkylation sites (tertiary alicyclic amines) is 1. The number of imide groups is 1. The lowest BCUT2D eigenvalue weighted by Gasteiger charge is -2.49. The van der Waals surface area contributed by atoms with Crippen LogP contribution in [0.1, 0.15) is 53.0 Å². The number of rotatable bonds is 15. The number of benzene rings is 1. The highest BCUT2D eigenvalue weighted by atomic mass is 16.6. The SMILES string of the molecule is CC(=O)NC(=O)[C@@H](NC(=O)[C@@H]1N(C(=O)[C@H](Cc2ccccc2)NC(=O)[C@H](CC(C)C)NN(C)C)[C@@H](CO)CC12OC(CO)C(O)C(O)C2O)C(C)C. The first-order valence-electron chi connectivity index (χ1n) is 17.5. The highest BCUT2D eigenvalue weighted by molar-refractivity contribution is 6.00. The molecule has 17 nitrogen and oxygen atoms in total. The first-order valence-corrected chi connectivity index (χ1v) is 17.5. The molecule has 292 valence electrons. The summed E-state index contributed by atoms with van der Waals surface area (Å²) < 4.78 is 6.06. The number of aliphatic hydroxyl groups is 5. The van der Waals surface area contributed by atoms with E-state index in [9.17, 15) is 49.5 Å². The summed E-state index contributed by atoms with van der Waals surface area (Å²) in [6, 6.07) is 2.16. The Hall–Kier alpha value is -3.55. The number of ether oxygens (including phenoxy) is 1. The van der Waals surface area contributed by atoms with Gasteiger partial charge in [0.15, 0.2) is 0 Å². The van der Waals surface area contributed by atoms with Gasteiger partial charge in [-0.2, -0.15) is 0 Å². The quantitative estimate of drug-likeness (QED) is 0.0826. The van der Waals surface area contributed by atoms with Crippen LogP contribution in [0.25, 0.3) is 0 Å². The molecule has 2 heterocycles. The number of aliphatic hydroxyl groups excluding tert-OH is 5. The largest absolute Gasteiger partial charge is 0.394 e. The maximum Gasteiger partial charge on any atom is 0.249 e. The number of hydrogen-bond donors (Lipinski definition) is 9. The highest BCUT2D eigenvalue weighted by Gasteiger charge is 2.67. The fourth-order valence-corrected chi connectivity index (χ4v) is 7.01. The van der Waals surface area contributed by atoms with Gasteiger partial charge in [0.05, 0.1) is 19.3 Å². The van der Waals surface area contributed by atoms with Crippen molar-refractivity contribution in [2.45, 2.75) is 114 Å². The van der Waals surface area contributed by atoms with Crippen LogP contribution in [-0.4, -0.2) is 153 Å². The van der Waals surface area contributed by atoms with E-state index < -0.39 is 115 Å². The molecule has 2 aliphatic rings. The Labute approximate surface area is 304 Å². The Balaban J connectivity index is 2.19. The van der Waals surface area contributed by atoms with Crippen LogP contribution in [0.15, 0.2) is 30.3 Å². The maximum atomic E-state index is 14.9. The predicted molar refractivity (Wildman–Crippen MR) is 187 cm³/mol. The Kier molecular flexibility index (Phi) is 15.2. The van der Waals surface area contributed by atoms with Gasteiger partial charge >= 0.3 is 0 Å². The zero-order valence-corrected chi connectivity index (χ0v) is 30.9. The van der Waals surface area contributed by atoms with Crippen LogP contribution < -0.4 is 21.4 Å². The smallest absolute Gasteiger partial charge is 0.249 e. The second-order valence-electron chi connectivity index (χ2n) is 14.6. The molecule has 3 rings (SSSR count). The molecule has 0 aromatic heterocycles. The summed E-state index contributed by atoms with van der Waals surface area (Å²) in [4.78, 5) is 69.1. The Morgan fingerprint density at radius 2 is 1.56 bits per heavy atom.